The van der Waals surface area contributed by atoms with Crippen LogP contribution in [0.3, 0.4) is 0 Å². The predicted octanol–water partition coefficient (Wildman–Crippen LogP) is 2.30. The van der Waals surface area contributed by atoms with Crippen molar-refractivity contribution in [3.63, 3.8) is 0 Å². The van der Waals surface area contributed by atoms with Crippen LogP contribution in [0.15, 0.2) is 12.2 Å². The predicted molar refractivity (Wildman–Crippen MR) is 81.6 cm³/mol. The van der Waals surface area contributed by atoms with E-state index < -0.39 is 5.54 Å². The van der Waals surface area contributed by atoms with Gasteiger partial charge >= 0.3 is 0 Å². The zero-order chi connectivity index (χ0) is 14.7. The van der Waals surface area contributed by atoms with Crippen LogP contribution in [-0.2, 0) is 9.59 Å². The first-order chi connectivity index (χ1) is 10.2. The molecule has 0 bridgehead atoms. The topological polar surface area (TPSA) is 58.2 Å². The molecule has 0 aliphatic heterocycles. The van der Waals surface area contributed by atoms with Gasteiger partial charge in [-0.3, -0.25) is 9.59 Å². The Morgan fingerprint density at radius 2 is 1.90 bits per heavy atom. The lowest BCUT2D eigenvalue weighted by Crippen LogP contribution is -2.57. The smallest absolute Gasteiger partial charge is 0.245 e. The molecule has 4 nitrogen and oxygen atoms in total. The molecule has 2 fully saturated rings. The molecule has 3 aliphatic carbocycles. The number of amides is 2. The quantitative estimate of drug-likeness (QED) is 0.737. The molecule has 1 unspecified atom stereocenters. The van der Waals surface area contributed by atoms with Crippen LogP contribution in [0.4, 0.5) is 0 Å². The van der Waals surface area contributed by atoms with E-state index in [1.54, 1.807) is 0 Å². The number of hydrogen-bond donors (Lipinski definition) is 2. The monoisotopic (exact) mass is 290 g/mol. The number of allylic oxidation sites excluding steroid dienone is 2. The zero-order valence-electron chi connectivity index (χ0n) is 12.7. The summed E-state index contributed by atoms with van der Waals surface area (Å²) < 4.78 is 0. The molecule has 0 aromatic carbocycles. The van der Waals surface area contributed by atoms with E-state index >= 15 is 0 Å². The molecular formula is C17H26N2O2. The van der Waals surface area contributed by atoms with Crippen LogP contribution < -0.4 is 10.6 Å². The van der Waals surface area contributed by atoms with Gasteiger partial charge in [0.05, 0.1) is 0 Å². The molecule has 21 heavy (non-hydrogen) atoms. The summed E-state index contributed by atoms with van der Waals surface area (Å²) in [6.45, 7) is 0.780. The van der Waals surface area contributed by atoms with Crippen molar-refractivity contribution in [2.24, 2.45) is 11.8 Å². The normalized spacial score (nSPS) is 26.8. The molecule has 4 heteroatoms. The Hall–Kier alpha value is -1.32. The third-order valence-corrected chi connectivity index (χ3v) is 5.08. The van der Waals surface area contributed by atoms with Gasteiger partial charge in [0.25, 0.3) is 0 Å². The van der Waals surface area contributed by atoms with Crippen LogP contribution in [0.1, 0.15) is 57.8 Å². The molecule has 0 heterocycles. The number of carbonyl (C=O) groups is 2. The van der Waals surface area contributed by atoms with Gasteiger partial charge in [0.1, 0.15) is 5.54 Å². The molecule has 2 N–H and O–H groups in total. The largest absolute Gasteiger partial charge is 0.354 e. The number of hydrogen-bond acceptors (Lipinski definition) is 2. The van der Waals surface area contributed by atoms with Crippen molar-refractivity contribution < 1.29 is 9.59 Å². The lowest BCUT2D eigenvalue weighted by molar-refractivity contribution is -0.133. The van der Waals surface area contributed by atoms with Gasteiger partial charge in [-0.15, -0.1) is 0 Å². The maximum absolute atomic E-state index is 12.5. The molecule has 116 valence electrons. The number of rotatable bonds is 6. The fraction of sp³-hybridized carbons (Fsp3) is 0.765. The molecular weight excluding hydrogens is 264 g/mol. The molecule has 0 saturated heterocycles. The lowest BCUT2D eigenvalue weighted by atomic mass is 9.94. The molecule has 3 rings (SSSR count). The number of nitrogens with one attached hydrogen (secondary N) is 2. The van der Waals surface area contributed by atoms with Crippen LogP contribution in [0, 0.1) is 11.8 Å². The molecule has 0 radical (unpaired) electrons. The van der Waals surface area contributed by atoms with Gasteiger partial charge in [-0.1, -0.05) is 25.0 Å². The Bertz CT molecular complexity index is 434. The summed E-state index contributed by atoms with van der Waals surface area (Å²) in [6.07, 6.45) is 13.0. The highest BCUT2D eigenvalue weighted by atomic mass is 16.2. The van der Waals surface area contributed by atoms with Crippen molar-refractivity contribution in [1.29, 1.82) is 0 Å². The minimum atomic E-state index is -0.631. The van der Waals surface area contributed by atoms with Crippen molar-refractivity contribution in [3.8, 4) is 0 Å². The first-order valence-electron chi connectivity index (χ1n) is 8.44. The van der Waals surface area contributed by atoms with Crippen LogP contribution >= 0.6 is 0 Å². The van der Waals surface area contributed by atoms with Crippen molar-refractivity contribution in [2.75, 3.05) is 6.54 Å². The molecule has 3 aliphatic rings. The van der Waals surface area contributed by atoms with E-state index in [9.17, 15) is 9.59 Å². The second-order valence-corrected chi connectivity index (χ2v) is 6.96. The first kappa shape index (κ1) is 14.6. The van der Waals surface area contributed by atoms with Gasteiger partial charge in [0.2, 0.25) is 11.8 Å². The Morgan fingerprint density at radius 3 is 2.52 bits per heavy atom. The van der Waals surface area contributed by atoms with E-state index in [1.165, 1.54) is 12.8 Å². The molecule has 0 aromatic rings. The second-order valence-electron chi connectivity index (χ2n) is 6.96. The van der Waals surface area contributed by atoms with Crippen molar-refractivity contribution >= 4 is 11.8 Å². The van der Waals surface area contributed by atoms with Crippen LogP contribution in [-0.4, -0.2) is 23.9 Å². The van der Waals surface area contributed by atoms with E-state index in [4.69, 9.17) is 0 Å². The molecule has 2 amide bonds. The summed E-state index contributed by atoms with van der Waals surface area (Å²) in [5.41, 5.74) is -0.631. The van der Waals surface area contributed by atoms with E-state index in [1.807, 2.05) is 0 Å². The van der Waals surface area contributed by atoms with Gasteiger partial charge in [-0.2, -0.15) is 0 Å². The van der Waals surface area contributed by atoms with Gasteiger partial charge in [-0.05, 0) is 50.4 Å². The fourth-order valence-electron chi connectivity index (χ4n) is 3.54. The average Bonchev–Trinajstić information content (AvgIpc) is 2.93. The number of carbonyl (C=O) groups excluding carboxylic acids is 2. The summed E-state index contributed by atoms with van der Waals surface area (Å²) >= 11 is 0. The van der Waals surface area contributed by atoms with E-state index in [-0.39, 0.29) is 11.8 Å². The summed E-state index contributed by atoms with van der Waals surface area (Å²) in [5.74, 6) is 1.11. The summed E-state index contributed by atoms with van der Waals surface area (Å²) in [4.78, 5) is 24.8. The molecule has 2 saturated carbocycles. The van der Waals surface area contributed by atoms with Gasteiger partial charge in [-0.25, -0.2) is 0 Å². The van der Waals surface area contributed by atoms with Crippen LogP contribution in [0.2, 0.25) is 0 Å². The summed E-state index contributed by atoms with van der Waals surface area (Å²) in [6, 6.07) is 0. The highest BCUT2D eigenvalue weighted by Gasteiger charge is 2.42. The Labute approximate surface area is 126 Å². The first-order valence-corrected chi connectivity index (χ1v) is 8.44. The molecule has 0 spiro atoms. The van der Waals surface area contributed by atoms with Crippen molar-refractivity contribution in [1.82, 2.24) is 10.6 Å². The zero-order valence-corrected chi connectivity index (χ0v) is 12.7. The average molecular weight is 290 g/mol. The highest BCUT2D eigenvalue weighted by Crippen LogP contribution is 2.32. The van der Waals surface area contributed by atoms with E-state index in [0.29, 0.717) is 18.3 Å². The lowest BCUT2D eigenvalue weighted by Gasteiger charge is -2.29. The van der Waals surface area contributed by atoms with Crippen LogP contribution in [0.5, 0.6) is 0 Å². The summed E-state index contributed by atoms with van der Waals surface area (Å²) in [5, 5.41) is 6.14. The third-order valence-electron chi connectivity index (χ3n) is 5.08. The maximum atomic E-state index is 12.5. The second kappa shape index (κ2) is 6.20. The Morgan fingerprint density at radius 1 is 1.14 bits per heavy atom. The van der Waals surface area contributed by atoms with Gasteiger partial charge in [0, 0.05) is 13.0 Å². The fourth-order valence-corrected chi connectivity index (χ4v) is 3.54. The third kappa shape index (κ3) is 3.66. The summed E-state index contributed by atoms with van der Waals surface area (Å²) in [7, 11) is 0. The SMILES string of the molecule is O=C(CC1C=CCC1)NC1(C(=O)NCC2CC2)CCCC1. The minimum absolute atomic E-state index is 0.0371. The van der Waals surface area contributed by atoms with Crippen LogP contribution in [0.25, 0.3) is 0 Å². The minimum Gasteiger partial charge on any atom is -0.354 e. The van der Waals surface area contributed by atoms with Gasteiger partial charge < -0.3 is 10.6 Å². The maximum Gasteiger partial charge on any atom is 0.245 e. The Balaban J connectivity index is 1.55. The highest BCUT2D eigenvalue weighted by molar-refractivity contribution is 5.91. The van der Waals surface area contributed by atoms with E-state index in [0.717, 1.165) is 45.1 Å². The van der Waals surface area contributed by atoms with Gasteiger partial charge in [0.15, 0.2) is 0 Å². The van der Waals surface area contributed by atoms with Crippen molar-refractivity contribution in [3.05, 3.63) is 12.2 Å². The standard InChI is InChI=1S/C17H26N2O2/c20-15(11-13-5-1-2-6-13)19-17(9-3-4-10-17)16(21)18-12-14-7-8-14/h1,5,13-14H,2-4,6-12H2,(H,18,21)(H,19,20). The van der Waals surface area contributed by atoms with Crippen molar-refractivity contribution in [2.45, 2.75) is 63.3 Å². The molecule has 0 aromatic heterocycles. The molecule has 1 atom stereocenters. The van der Waals surface area contributed by atoms with E-state index in [2.05, 4.69) is 22.8 Å². The Kier molecular flexibility index (Phi) is 4.32.